The van der Waals surface area contributed by atoms with Gasteiger partial charge in [0, 0.05) is 34.8 Å². The Labute approximate surface area is 174 Å². The molecule has 0 radical (unpaired) electrons. The number of ether oxygens (including phenoxy) is 3. The molecule has 0 bridgehead atoms. The molecule has 0 amide bonds. The van der Waals surface area contributed by atoms with Crippen LogP contribution >= 0.6 is 0 Å². The molecule has 0 spiro atoms. The van der Waals surface area contributed by atoms with Crippen molar-refractivity contribution in [3.05, 3.63) is 65.0 Å². The van der Waals surface area contributed by atoms with Crippen molar-refractivity contribution in [2.75, 3.05) is 7.11 Å². The lowest BCUT2D eigenvalue weighted by molar-refractivity contribution is -0.147. The van der Waals surface area contributed by atoms with Crippen LogP contribution in [0.5, 0.6) is 11.5 Å². The topological polar surface area (TPSA) is 66.8 Å². The van der Waals surface area contributed by atoms with E-state index in [9.17, 15) is 9.59 Å². The van der Waals surface area contributed by atoms with Crippen LogP contribution in [-0.4, -0.2) is 29.5 Å². The minimum atomic E-state index is -0.765. The molecular weight excluding hydrogens is 382 g/mol. The number of aromatic nitrogens is 1. The number of hydrogen-bond donors (Lipinski definition) is 0. The van der Waals surface area contributed by atoms with Crippen LogP contribution in [-0.2, 0) is 16.1 Å². The number of hydrogen-bond acceptors (Lipinski definition) is 5. The average Bonchev–Trinajstić information content (AvgIpc) is 3.28. The largest absolute Gasteiger partial charge is 0.479 e. The maximum absolute atomic E-state index is 12.9. The first-order chi connectivity index (χ1) is 14.4. The second-order valence-electron chi connectivity index (χ2n) is 7.18. The first-order valence-electron chi connectivity index (χ1n) is 9.84. The van der Waals surface area contributed by atoms with Gasteiger partial charge < -0.3 is 18.8 Å². The normalized spacial score (nSPS) is 15.2. The van der Waals surface area contributed by atoms with Crippen molar-refractivity contribution < 1.29 is 23.8 Å². The fourth-order valence-electron chi connectivity index (χ4n) is 3.69. The number of nitrogens with zero attached hydrogens (tertiary/aromatic N) is 1. The predicted molar refractivity (Wildman–Crippen MR) is 114 cm³/mol. The number of rotatable bonds is 5. The van der Waals surface area contributed by atoms with Gasteiger partial charge in [0.1, 0.15) is 11.5 Å². The summed E-state index contributed by atoms with van der Waals surface area (Å²) in [6.45, 7) is 6.32. The fraction of sp³-hybridized carbons (Fsp3) is 0.250. The van der Waals surface area contributed by atoms with E-state index >= 15 is 0 Å². The van der Waals surface area contributed by atoms with Crippen molar-refractivity contribution in [3.63, 3.8) is 0 Å². The van der Waals surface area contributed by atoms with E-state index in [4.69, 9.17) is 14.2 Å². The molecule has 0 aliphatic carbocycles. The van der Waals surface area contributed by atoms with Crippen LogP contribution in [0.1, 0.15) is 35.3 Å². The minimum Gasteiger partial charge on any atom is -0.479 e. The Kier molecular flexibility index (Phi) is 5.08. The zero-order valence-corrected chi connectivity index (χ0v) is 17.4. The molecule has 3 aromatic rings. The van der Waals surface area contributed by atoms with Crippen LogP contribution < -0.4 is 9.47 Å². The number of methoxy groups -OCH3 is 1. The smallest absolute Gasteiger partial charge is 0.346 e. The van der Waals surface area contributed by atoms with Crippen LogP contribution in [0, 0.1) is 6.92 Å². The molecule has 1 atom stereocenters. The number of allylic oxidation sites excluding steroid dienone is 1. The van der Waals surface area contributed by atoms with E-state index in [-0.39, 0.29) is 11.5 Å². The van der Waals surface area contributed by atoms with Gasteiger partial charge in [0.15, 0.2) is 11.9 Å². The predicted octanol–water partition coefficient (Wildman–Crippen LogP) is 4.53. The number of para-hydroxylation sites is 1. The number of ketones is 1. The average molecular weight is 405 g/mol. The Hall–Kier alpha value is -3.54. The standard InChI is InChI=1S/C24H23NO5/c1-5-25-13-16(17-8-6-7-9-19(17)25)12-21-22(26)18-10-11-20(14(2)23(18)30-21)29-15(3)24(27)28-4/h6-13,15H,5H2,1-4H3/b21-12-. The lowest BCUT2D eigenvalue weighted by Gasteiger charge is -2.15. The van der Waals surface area contributed by atoms with E-state index in [1.807, 2.05) is 24.4 Å². The monoisotopic (exact) mass is 405 g/mol. The van der Waals surface area contributed by atoms with Crippen molar-refractivity contribution in [2.45, 2.75) is 33.4 Å². The van der Waals surface area contributed by atoms with Gasteiger partial charge in [0.25, 0.3) is 0 Å². The van der Waals surface area contributed by atoms with Gasteiger partial charge in [-0.25, -0.2) is 4.79 Å². The molecule has 1 aliphatic heterocycles. The third kappa shape index (κ3) is 3.24. The molecule has 6 heteroatoms. The molecule has 4 rings (SSSR count). The molecule has 0 saturated heterocycles. The van der Waals surface area contributed by atoms with Crippen molar-refractivity contribution in [1.82, 2.24) is 4.57 Å². The van der Waals surface area contributed by atoms with E-state index in [2.05, 4.69) is 17.6 Å². The SMILES string of the molecule is CCn1cc(/C=C2\Oc3c(ccc(OC(C)C(=O)OC)c3C)C2=O)c2ccccc21. The van der Waals surface area contributed by atoms with Crippen molar-refractivity contribution in [2.24, 2.45) is 0 Å². The second kappa shape index (κ2) is 7.71. The number of carbonyl (C=O) groups is 2. The van der Waals surface area contributed by atoms with Crippen molar-refractivity contribution in [3.8, 4) is 11.5 Å². The maximum atomic E-state index is 12.9. The quantitative estimate of drug-likeness (QED) is 0.461. The van der Waals surface area contributed by atoms with Crippen LogP contribution in [0.3, 0.4) is 0 Å². The Morgan fingerprint density at radius 3 is 2.73 bits per heavy atom. The summed E-state index contributed by atoms with van der Waals surface area (Å²) in [5.41, 5.74) is 3.18. The molecule has 0 fully saturated rings. The first-order valence-corrected chi connectivity index (χ1v) is 9.84. The van der Waals surface area contributed by atoms with Gasteiger partial charge in [0.05, 0.1) is 12.7 Å². The van der Waals surface area contributed by atoms with Crippen LogP contribution in [0.15, 0.2) is 48.4 Å². The summed E-state index contributed by atoms with van der Waals surface area (Å²) in [6.07, 6.45) is 3.05. The zero-order valence-electron chi connectivity index (χ0n) is 17.4. The molecule has 2 heterocycles. The number of fused-ring (bicyclic) bond motifs is 2. The Morgan fingerprint density at radius 2 is 2.00 bits per heavy atom. The summed E-state index contributed by atoms with van der Waals surface area (Å²) < 4.78 is 18.5. The highest BCUT2D eigenvalue weighted by Gasteiger charge is 2.31. The molecule has 6 nitrogen and oxygen atoms in total. The lowest BCUT2D eigenvalue weighted by atomic mass is 10.1. The summed E-state index contributed by atoms with van der Waals surface area (Å²) in [4.78, 5) is 24.6. The minimum absolute atomic E-state index is 0.172. The third-order valence-electron chi connectivity index (χ3n) is 5.32. The third-order valence-corrected chi connectivity index (χ3v) is 5.32. The molecule has 1 aliphatic rings. The van der Waals surface area contributed by atoms with Gasteiger partial charge in [-0.15, -0.1) is 0 Å². The molecule has 30 heavy (non-hydrogen) atoms. The van der Waals surface area contributed by atoms with Crippen LogP contribution in [0.2, 0.25) is 0 Å². The van der Waals surface area contributed by atoms with Crippen molar-refractivity contribution in [1.29, 1.82) is 0 Å². The maximum Gasteiger partial charge on any atom is 0.346 e. The molecule has 1 aromatic heterocycles. The molecule has 1 unspecified atom stereocenters. The Morgan fingerprint density at radius 1 is 1.23 bits per heavy atom. The van der Waals surface area contributed by atoms with Crippen LogP contribution in [0.4, 0.5) is 0 Å². The molecular formula is C24H23NO5. The Bertz CT molecular complexity index is 1190. The van der Waals surface area contributed by atoms with E-state index in [1.54, 1.807) is 32.1 Å². The van der Waals surface area contributed by atoms with Gasteiger partial charge in [-0.1, -0.05) is 18.2 Å². The molecule has 2 aromatic carbocycles. The summed E-state index contributed by atoms with van der Waals surface area (Å²) in [7, 11) is 1.31. The summed E-state index contributed by atoms with van der Waals surface area (Å²) >= 11 is 0. The lowest BCUT2D eigenvalue weighted by Crippen LogP contribution is -2.25. The Balaban J connectivity index is 1.69. The highest BCUT2D eigenvalue weighted by Crippen LogP contribution is 2.40. The summed E-state index contributed by atoms with van der Waals surface area (Å²) in [5, 5.41) is 1.06. The first kappa shape index (κ1) is 19.8. The van der Waals surface area contributed by atoms with Crippen molar-refractivity contribution >= 4 is 28.7 Å². The van der Waals surface area contributed by atoms with Gasteiger partial charge in [-0.2, -0.15) is 0 Å². The summed E-state index contributed by atoms with van der Waals surface area (Å²) in [5.74, 6) is 0.558. The van der Waals surface area contributed by atoms with Gasteiger partial charge in [-0.3, -0.25) is 4.79 Å². The van der Waals surface area contributed by atoms with E-state index in [0.29, 0.717) is 22.6 Å². The van der Waals surface area contributed by atoms with Gasteiger partial charge in [0.2, 0.25) is 5.78 Å². The number of esters is 1. The van der Waals surface area contributed by atoms with Gasteiger partial charge in [-0.05, 0) is 45.0 Å². The summed E-state index contributed by atoms with van der Waals surface area (Å²) in [6, 6.07) is 11.4. The number of aryl methyl sites for hydroxylation is 1. The molecule has 154 valence electrons. The van der Waals surface area contributed by atoms with E-state index in [1.165, 1.54) is 7.11 Å². The highest BCUT2D eigenvalue weighted by atomic mass is 16.6. The molecule has 0 saturated carbocycles. The highest BCUT2D eigenvalue weighted by molar-refractivity contribution is 6.15. The number of carbonyl (C=O) groups excluding carboxylic acids is 2. The molecule has 0 N–H and O–H groups in total. The number of benzene rings is 2. The van der Waals surface area contributed by atoms with E-state index < -0.39 is 12.1 Å². The number of Topliss-reactive ketones (excluding diaryl/α,β-unsaturated/α-hetero) is 1. The second-order valence-corrected chi connectivity index (χ2v) is 7.18. The fourth-order valence-corrected chi connectivity index (χ4v) is 3.69. The van der Waals surface area contributed by atoms with E-state index in [0.717, 1.165) is 23.0 Å². The van der Waals surface area contributed by atoms with Crippen LogP contribution in [0.25, 0.3) is 17.0 Å². The zero-order chi connectivity index (χ0) is 21.4. The van der Waals surface area contributed by atoms with Gasteiger partial charge >= 0.3 is 5.97 Å².